The molecule has 0 bridgehead atoms. The molecular weight excluding hydrogens is 453 g/mol. The van der Waals surface area contributed by atoms with Crippen LogP contribution in [-0.4, -0.2) is 27.5 Å². The monoisotopic (exact) mass is 470 g/mol. The number of halogens is 3. The second-order valence-electron chi connectivity index (χ2n) is 6.97. The molecule has 33 heavy (non-hydrogen) atoms. The van der Waals surface area contributed by atoms with Gasteiger partial charge < -0.3 is 15.6 Å². The van der Waals surface area contributed by atoms with E-state index in [1.54, 1.807) is 24.3 Å². The number of anilines is 2. The third kappa shape index (κ3) is 5.53. The lowest BCUT2D eigenvalue weighted by Gasteiger charge is -2.12. The summed E-state index contributed by atoms with van der Waals surface area (Å²) in [7, 11) is 0. The van der Waals surface area contributed by atoms with E-state index in [0.29, 0.717) is 16.5 Å². The van der Waals surface area contributed by atoms with E-state index >= 15 is 0 Å². The Hall–Kier alpha value is -3.79. The van der Waals surface area contributed by atoms with Crippen LogP contribution < -0.4 is 10.6 Å². The minimum atomic E-state index is -4.48. The Balaban J connectivity index is 1.39. The number of thioether (sulfide) groups is 1. The number of benzene rings is 3. The zero-order valence-electron chi connectivity index (χ0n) is 16.9. The fourth-order valence-electron chi connectivity index (χ4n) is 3.02. The molecule has 0 atom stereocenters. The Morgan fingerprint density at radius 3 is 2.18 bits per heavy atom. The largest absolute Gasteiger partial charge is 0.416 e. The van der Waals surface area contributed by atoms with E-state index in [-0.39, 0.29) is 17.2 Å². The third-order valence-corrected chi connectivity index (χ3v) is 5.50. The Labute approximate surface area is 190 Å². The molecule has 0 saturated heterocycles. The van der Waals surface area contributed by atoms with Crippen molar-refractivity contribution in [2.75, 3.05) is 16.4 Å². The maximum absolute atomic E-state index is 12.7. The first-order chi connectivity index (χ1) is 15.8. The van der Waals surface area contributed by atoms with Crippen LogP contribution in [0.5, 0.6) is 0 Å². The van der Waals surface area contributed by atoms with Gasteiger partial charge in [0, 0.05) is 5.56 Å². The van der Waals surface area contributed by atoms with Crippen LogP contribution in [0.1, 0.15) is 15.9 Å². The first-order valence-electron chi connectivity index (χ1n) is 9.74. The summed E-state index contributed by atoms with van der Waals surface area (Å²) >= 11 is 1.24. The maximum Gasteiger partial charge on any atom is 0.416 e. The number of carbonyl (C=O) groups is 2. The van der Waals surface area contributed by atoms with E-state index in [0.717, 1.165) is 35.3 Å². The number of hydrogen-bond donors (Lipinski definition) is 3. The lowest BCUT2D eigenvalue weighted by atomic mass is 10.1. The second-order valence-corrected chi connectivity index (χ2v) is 7.93. The van der Waals surface area contributed by atoms with E-state index in [1.807, 2.05) is 24.3 Å². The summed E-state index contributed by atoms with van der Waals surface area (Å²) in [5, 5.41) is 5.96. The van der Waals surface area contributed by atoms with Gasteiger partial charge in [-0.3, -0.25) is 9.59 Å². The van der Waals surface area contributed by atoms with Crippen molar-refractivity contribution in [3.63, 3.8) is 0 Å². The molecule has 4 aromatic rings. The average molecular weight is 470 g/mol. The third-order valence-electron chi connectivity index (χ3n) is 4.63. The van der Waals surface area contributed by atoms with Crippen LogP contribution in [0.2, 0.25) is 0 Å². The van der Waals surface area contributed by atoms with E-state index in [4.69, 9.17) is 0 Å². The topological polar surface area (TPSA) is 86.9 Å². The number of alkyl halides is 3. The van der Waals surface area contributed by atoms with E-state index in [9.17, 15) is 22.8 Å². The van der Waals surface area contributed by atoms with Gasteiger partial charge in [0.1, 0.15) is 0 Å². The second kappa shape index (κ2) is 9.37. The molecule has 0 radical (unpaired) electrons. The number of H-pyrrole nitrogens is 1. The number of imidazole rings is 1. The van der Waals surface area contributed by atoms with Crippen molar-refractivity contribution in [1.82, 2.24) is 9.97 Å². The maximum atomic E-state index is 12.7. The van der Waals surface area contributed by atoms with Crippen LogP contribution in [0.4, 0.5) is 24.5 Å². The summed E-state index contributed by atoms with van der Waals surface area (Å²) in [4.78, 5) is 32.5. The molecule has 168 valence electrons. The number of aromatic amines is 1. The summed E-state index contributed by atoms with van der Waals surface area (Å²) < 4.78 is 38.2. The number of hydrogen-bond acceptors (Lipinski definition) is 4. The van der Waals surface area contributed by atoms with Gasteiger partial charge in [0.15, 0.2) is 5.16 Å². The van der Waals surface area contributed by atoms with Crippen LogP contribution in [0.25, 0.3) is 11.0 Å². The number of amides is 2. The van der Waals surface area contributed by atoms with Crippen molar-refractivity contribution in [1.29, 1.82) is 0 Å². The van der Waals surface area contributed by atoms with Crippen molar-refractivity contribution >= 4 is 46.0 Å². The Morgan fingerprint density at radius 2 is 1.52 bits per heavy atom. The summed E-state index contributed by atoms with van der Waals surface area (Å²) in [6.07, 6.45) is -4.48. The molecule has 4 rings (SSSR count). The molecule has 10 heteroatoms. The molecule has 2 amide bonds. The molecule has 1 aromatic heterocycles. The van der Waals surface area contributed by atoms with Crippen LogP contribution in [-0.2, 0) is 11.0 Å². The predicted molar refractivity (Wildman–Crippen MR) is 121 cm³/mol. The number of aromatic nitrogens is 2. The lowest BCUT2D eigenvalue weighted by molar-refractivity contribution is -0.137. The lowest BCUT2D eigenvalue weighted by Crippen LogP contribution is -2.18. The van der Waals surface area contributed by atoms with E-state index in [1.165, 1.54) is 11.8 Å². The highest BCUT2D eigenvalue weighted by Crippen LogP contribution is 2.29. The zero-order valence-corrected chi connectivity index (χ0v) is 17.8. The molecule has 0 aliphatic carbocycles. The number of fused-ring (bicyclic) bond motifs is 1. The van der Waals surface area contributed by atoms with Crippen molar-refractivity contribution in [2.45, 2.75) is 11.3 Å². The molecule has 6 nitrogen and oxygen atoms in total. The van der Waals surface area contributed by atoms with Crippen LogP contribution in [0.3, 0.4) is 0 Å². The van der Waals surface area contributed by atoms with Crippen molar-refractivity contribution in [3.8, 4) is 0 Å². The number of para-hydroxylation sites is 4. The number of nitrogens with zero attached hydrogens (tertiary/aromatic N) is 1. The highest BCUT2D eigenvalue weighted by Gasteiger charge is 2.30. The summed E-state index contributed by atoms with van der Waals surface area (Å²) in [6.45, 7) is 0. The molecule has 0 aliphatic heterocycles. The number of carbonyl (C=O) groups excluding carboxylic acids is 2. The normalized spacial score (nSPS) is 11.4. The first-order valence-corrected chi connectivity index (χ1v) is 10.7. The SMILES string of the molecule is O=C(CSc1nc2ccccc2[nH]1)Nc1ccccc1NC(=O)c1ccc(C(F)(F)F)cc1. The average Bonchev–Trinajstić information content (AvgIpc) is 3.21. The molecule has 3 N–H and O–H groups in total. The standard InChI is InChI=1S/C23H17F3N4O2S/c24-23(25,26)15-11-9-14(10-12-15)21(32)28-17-6-2-1-5-16(17)27-20(31)13-33-22-29-18-7-3-4-8-19(18)30-22/h1-12H,13H2,(H,27,31)(H,28,32)(H,29,30). The van der Waals surface area contributed by atoms with Crippen molar-refractivity contribution < 1.29 is 22.8 Å². The summed E-state index contributed by atoms with van der Waals surface area (Å²) in [5.74, 6) is -0.820. The van der Waals surface area contributed by atoms with Gasteiger partial charge in [0.05, 0.1) is 33.7 Å². The van der Waals surface area contributed by atoms with Gasteiger partial charge >= 0.3 is 6.18 Å². The van der Waals surface area contributed by atoms with E-state index < -0.39 is 17.6 Å². The van der Waals surface area contributed by atoms with Crippen LogP contribution in [0, 0.1) is 0 Å². The molecule has 0 spiro atoms. The number of rotatable bonds is 6. The minimum absolute atomic E-state index is 0.0598. The van der Waals surface area contributed by atoms with Crippen molar-refractivity contribution in [3.05, 3.63) is 83.9 Å². The molecule has 0 saturated carbocycles. The Kier molecular flexibility index (Phi) is 6.36. The van der Waals surface area contributed by atoms with Gasteiger partial charge in [-0.1, -0.05) is 36.0 Å². The van der Waals surface area contributed by atoms with Gasteiger partial charge in [0.2, 0.25) is 5.91 Å². The van der Waals surface area contributed by atoms with Gasteiger partial charge in [-0.05, 0) is 48.5 Å². The molecule has 1 heterocycles. The summed E-state index contributed by atoms with van der Waals surface area (Å²) in [6, 6.07) is 18.0. The molecular formula is C23H17F3N4O2S. The van der Waals surface area contributed by atoms with Crippen LogP contribution >= 0.6 is 11.8 Å². The van der Waals surface area contributed by atoms with Crippen LogP contribution in [0.15, 0.2) is 78.0 Å². The molecule has 0 unspecified atom stereocenters. The van der Waals surface area contributed by atoms with Gasteiger partial charge in [-0.15, -0.1) is 0 Å². The number of nitrogens with one attached hydrogen (secondary N) is 3. The van der Waals surface area contributed by atoms with Gasteiger partial charge in [0.25, 0.3) is 5.91 Å². The summed E-state index contributed by atoms with van der Waals surface area (Å²) in [5.41, 5.74) is 1.59. The highest BCUT2D eigenvalue weighted by molar-refractivity contribution is 7.99. The fourth-order valence-corrected chi connectivity index (χ4v) is 3.71. The molecule has 0 aliphatic rings. The predicted octanol–water partition coefficient (Wildman–Crippen LogP) is 5.56. The van der Waals surface area contributed by atoms with Gasteiger partial charge in [-0.2, -0.15) is 13.2 Å². The highest BCUT2D eigenvalue weighted by atomic mass is 32.2. The van der Waals surface area contributed by atoms with Gasteiger partial charge in [-0.25, -0.2) is 4.98 Å². The minimum Gasteiger partial charge on any atom is -0.333 e. The molecule has 0 fully saturated rings. The quantitative estimate of drug-likeness (QED) is 0.322. The molecule has 3 aromatic carbocycles. The first kappa shape index (κ1) is 22.4. The van der Waals surface area contributed by atoms with Crippen molar-refractivity contribution in [2.24, 2.45) is 0 Å². The zero-order chi connectivity index (χ0) is 23.4. The fraction of sp³-hybridized carbons (Fsp3) is 0.0870. The Morgan fingerprint density at radius 1 is 0.879 bits per heavy atom. The Bertz CT molecular complexity index is 1270. The smallest absolute Gasteiger partial charge is 0.333 e. The van der Waals surface area contributed by atoms with E-state index in [2.05, 4.69) is 20.6 Å².